The van der Waals surface area contributed by atoms with Gasteiger partial charge in [0.25, 0.3) is 0 Å². The van der Waals surface area contributed by atoms with Crippen LogP contribution in [0, 0.1) is 17.6 Å². The fourth-order valence-electron chi connectivity index (χ4n) is 3.01. The van der Waals surface area contributed by atoms with E-state index in [0.29, 0.717) is 24.4 Å². The lowest BCUT2D eigenvalue weighted by atomic mass is 9.96. The molecule has 1 heterocycles. The molecule has 148 valence electrons. The van der Waals surface area contributed by atoms with E-state index in [1.807, 2.05) is 14.0 Å². The minimum Gasteiger partial charge on any atom is -0.381 e. The normalized spacial score (nSPS) is 15.5. The van der Waals surface area contributed by atoms with Gasteiger partial charge in [-0.05, 0) is 50.2 Å². The summed E-state index contributed by atoms with van der Waals surface area (Å²) < 4.78 is 32.3. The zero-order chi connectivity index (χ0) is 18.1. The van der Waals surface area contributed by atoms with Crippen molar-refractivity contribution < 1.29 is 13.5 Å². The smallest absolute Gasteiger partial charge is 0.193 e. The second-order valence-corrected chi connectivity index (χ2v) is 6.46. The first-order valence-electron chi connectivity index (χ1n) is 9.12. The van der Waals surface area contributed by atoms with Crippen LogP contribution in [-0.4, -0.2) is 50.8 Å². The van der Waals surface area contributed by atoms with Crippen LogP contribution in [0.4, 0.5) is 8.78 Å². The number of ether oxygens (including phenoxy) is 1. The van der Waals surface area contributed by atoms with Crippen LogP contribution in [-0.2, 0) is 11.2 Å². The number of guanidine groups is 1. The van der Waals surface area contributed by atoms with Crippen LogP contribution in [0.3, 0.4) is 0 Å². The Balaban J connectivity index is 0.00000338. The van der Waals surface area contributed by atoms with Gasteiger partial charge < -0.3 is 15.0 Å². The third-order valence-electron chi connectivity index (χ3n) is 4.58. The maximum Gasteiger partial charge on any atom is 0.193 e. The number of nitrogens with one attached hydrogen (secondary N) is 1. The van der Waals surface area contributed by atoms with Gasteiger partial charge in [0.2, 0.25) is 0 Å². The molecule has 0 atom stereocenters. The Morgan fingerprint density at radius 3 is 2.73 bits per heavy atom. The fourth-order valence-corrected chi connectivity index (χ4v) is 3.01. The van der Waals surface area contributed by atoms with Gasteiger partial charge in [-0.25, -0.2) is 8.78 Å². The molecule has 1 saturated heterocycles. The summed E-state index contributed by atoms with van der Waals surface area (Å²) in [4.78, 5) is 6.67. The number of halogens is 3. The molecule has 0 bridgehead atoms. The Bertz CT molecular complexity index is 566. The average molecular weight is 481 g/mol. The van der Waals surface area contributed by atoms with Gasteiger partial charge in [0.05, 0.1) is 0 Å². The van der Waals surface area contributed by atoms with Crippen LogP contribution >= 0.6 is 24.0 Å². The van der Waals surface area contributed by atoms with Gasteiger partial charge in [-0.2, -0.15) is 0 Å². The average Bonchev–Trinajstić information content (AvgIpc) is 2.63. The molecular weight excluding hydrogens is 451 g/mol. The van der Waals surface area contributed by atoms with Crippen LogP contribution < -0.4 is 5.32 Å². The minimum atomic E-state index is -0.804. The molecule has 1 aromatic carbocycles. The quantitative estimate of drug-likeness (QED) is 0.366. The Kier molecular flexibility index (Phi) is 11.0. The summed E-state index contributed by atoms with van der Waals surface area (Å²) in [5, 5.41) is 3.27. The number of aliphatic imine (C=N–C) groups is 1. The molecule has 1 aliphatic heterocycles. The van der Waals surface area contributed by atoms with E-state index in [4.69, 9.17) is 4.74 Å². The van der Waals surface area contributed by atoms with E-state index < -0.39 is 11.6 Å². The lowest BCUT2D eigenvalue weighted by Gasteiger charge is -2.26. The molecule has 26 heavy (non-hydrogen) atoms. The summed E-state index contributed by atoms with van der Waals surface area (Å²) in [5.41, 5.74) is 0.365. The number of hydrogen-bond acceptors (Lipinski definition) is 2. The zero-order valence-electron chi connectivity index (χ0n) is 15.6. The summed E-state index contributed by atoms with van der Waals surface area (Å²) in [6, 6.07) is 4.27. The van der Waals surface area contributed by atoms with Crippen molar-refractivity contribution in [3.63, 3.8) is 0 Å². The van der Waals surface area contributed by atoms with Crippen molar-refractivity contribution in [3.8, 4) is 0 Å². The molecule has 0 amide bonds. The molecule has 0 aromatic heterocycles. The van der Waals surface area contributed by atoms with E-state index in [2.05, 4.69) is 15.2 Å². The Morgan fingerprint density at radius 1 is 1.31 bits per heavy atom. The second kappa shape index (κ2) is 12.4. The third kappa shape index (κ3) is 7.34. The van der Waals surface area contributed by atoms with Gasteiger partial charge in [-0.3, -0.25) is 4.99 Å². The third-order valence-corrected chi connectivity index (χ3v) is 4.58. The van der Waals surface area contributed by atoms with Crippen molar-refractivity contribution in [2.24, 2.45) is 10.9 Å². The topological polar surface area (TPSA) is 36.9 Å². The zero-order valence-corrected chi connectivity index (χ0v) is 18.0. The molecule has 1 N–H and O–H groups in total. The van der Waals surface area contributed by atoms with Crippen LogP contribution in [0.25, 0.3) is 0 Å². The minimum absolute atomic E-state index is 0. The molecule has 1 aliphatic rings. The molecule has 1 aromatic rings. The molecular formula is C19H30F2IN3O. The van der Waals surface area contributed by atoms with Gasteiger partial charge in [0, 0.05) is 39.9 Å². The summed E-state index contributed by atoms with van der Waals surface area (Å²) >= 11 is 0. The summed E-state index contributed by atoms with van der Waals surface area (Å²) in [6.45, 7) is 5.86. The highest BCUT2D eigenvalue weighted by atomic mass is 127. The van der Waals surface area contributed by atoms with E-state index in [9.17, 15) is 8.78 Å². The first kappa shape index (κ1) is 23.1. The summed E-state index contributed by atoms with van der Waals surface area (Å²) in [6.07, 6.45) is 3.75. The van der Waals surface area contributed by atoms with Gasteiger partial charge in [-0.1, -0.05) is 12.1 Å². The number of benzene rings is 1. The largest absolute Gasteiger partial charge is 0.381 e. The molecule has 4 nitrogen and oxygen atoms in total. The Morgan fingerprint density at radius 2 is 2.04 bits per heavy atom. The Labute approximate surface area is 172 Å². The van der Waals surface area contributed by atoms with Crippen LogP contribution in [0.5, 0.6) is 0 Å². The predicted octanol–water partition coefficient (Wildman–Crippen LogP) is 3.84. The van der Waals surface area contributed by atoms with Crippen molar-refractivity contribution in [1.29, 1.82) is 0 Å². The van der Waals surface area contributed by atoms with Crippen molar-refractivity contribution in [3.05, 3.63) is 35.4 Å². The van der Waals surface area contributed by atoms with E-state index in [-0.39, 0.29) is 24.0 Å². The van der Waals surface area contributed by atoms with Crippen LogP contribution in [0.15, 0.2) is 23.2 Å². The molecule has 0 aliphatic carbocycles. The molecule has 1 fully saturated rings. The summed E-state index contributed by atoms with van der Waals surface area (Å²) in [7, 11) is 2.02. The van der Waals surface area contributed by atoms with E-state index in [0.717, 1.165) is 57.6 Å². The molecule has 0 saturated carbocycles. The van der Waals surface area contributed by atoms with Gasteiger partial charge in [-0.15, -0.1) is 24.0 Å². The van der Waals surface area contributed by atoms with E-state index in [1.165, 1.54) is 6.07 Å². The first-order chi connectivity index (χ1) is 12.1. The maximum absolute atomic E-state index is 13.7. The Hall–Kier alpha value is -0.960. The van der Waals surface area contributed by atoms with Gasteiger partial charge in [0.1, 0.15) is 0 Å². The molecule has 0 spiro atoms. The SMILES string of the molecule is CCNC(=NCCc1cccc(F)c1F)N(C)CCC1CCOCC1.I. The standard InChI is InChI=1S/C19H29F2N3O.HI/c1-3-22-19(24(2)12-8-15-9-13-25-14-10-15)23-11-7-16-5-4-6-17(20)18(16)21;/h4-6,15H,3,7-14H2,1-2H3,(H,22,23);1H. The molecule has 0 radical (unpaired) electrons. The number of rotatable bonds is 7. The van der Waals surface area contributed by atoms with Crippen molar-refractivity contribution >= 4 is 29.9 Å². The highest BCUT2D eigenvalue weighted by molar-refractivity contribution is 14.0. The van der Waals surface area contributed by atoms with Crippen LogP contribution in [0.2, 0.25) is 0 Å². The van der Waals surface area contributed by atoms with Crippen molar-refractivity contribution in [1.82, 2.24) is 10.2 Å². The molecule has 7 heteroatoms. The lowest BCUT2D eigenvalue weighted by Crippen LogP contribution is -2.40. The lowest BCUT2D eigenvalue weighted by molar-refractivity contribution is 0.0625. The summed E-state index contributed by atoms with van der Waals surface area (Å²) in [5.74, 6) is -0.0515. The monoisotopic (exact) mass is 481 g/mol. The molecule has 2 rings (SSSR count). The number of hydrogen-bond donors (Lipinski definition) is 1. The first-order valence-corrected chi connectivity index (χ1v) is 9.12. The highest BCUT2D eigenvalue weighted by Gasteiger charge is 2.15. The maximum atomic E-state index is 13.7. The predicted molar refractivity (Wildman–Crippen MR) is 112 cm³/mol. The molecule has 0 unspecified atom stereocenters. The van der Waals surface area contributed by atoms with Crippen LogP contribution in [0.1, 0.15) is 31.7 Å². The number of nitrogens with zero attached hydrogens (tertiary/aromatic N) is 2. The second-order valence-electron chi connectivity index (χ2n) is 6.46. The van der Waals surface area contributed by atoms with Crippen molar-refractivity contribution in [2.75, 3.05) is 39.9 Å². The highest BCUT2D eigenvalue weighted by Crippen LogP contribution is 2.18. The van der Waals surface area contributed by atoms with Gasteiger partial charge in [0.15, 0.2) is 17.6 Å². The van der Waals surface area contributed by atoms with Gasteiger partial charge >= 0.3 is 0 Å². The fraction of sp³-hybridized carbons (Fsp3) is 0.632. The van der Waals surface area contributed by atoms with E-state index >= 15 is 0 Å². The van der Waals surface area contributed by atoms with Crippen molar-refractivity contribution in [2.45, 2.75) is 32.6 Å². The van der Waals surface area contributed by atoms with E-state index in [1.54, 1.807) is 6.07 Å².